The van der Waals surface area contributed by atoms with Crippen molar-refractivity contribution in [2.45, 2.75) is 13.0 Å². The Bertz CT molecular complexity index is 205. The number of aromatic amines is 1. The van der Waals surface area contributed by atoms with Crippen molar-refractivity contribution in [3.63, 3.8) is 0 Å². The maximum absolute atomic E-state index is 6.70. The van der Waals surface area contributed by atoms with Crippen LogP contribution in [0.4, 0.5) is 0 Å². The molecule has 2 nitrogen and oxygen atoms in total. The van der Waals surface area contributed by atoms with Gasteiger partial charge in [-0.15, -0.1) is 0 Å². The Morgan fingerprint density at radius 1 is 1.78 bits per heavy atom. The van der Waals surface area contributed by atoms with Crippen LogP contribution in [-0.4, -0.2) is 4.98 Å². The molecule has 9 heavy (non-hydrogen) atoms. The summed E-state index contributed by atoms with van der Waals surface area (Å²) in [7, 11) is 0. The lowest BCUT2D eigenvalue weighted by Crippen LogP contribution is -1.80. The van der Waals surface area contributed by atoms with Gasteiger partial charge in [-0.1, -0.05) is 0 Å². The van der Waals surface area contributed by atoms with Crippen molar-refractivity contribution >= 4 is 0 Å². The Balaban J connectivity index is 2.80. The Morgan fingerprint density at radius 3 is 3.00 bits per heavy atom. The van der Waals surface area contributed by atoms with Gasteiger partial charge in [0.15, 0.2) is 0 Å². The van der Waals surface area contributed by atoms with Gasteiger partial charge in [0.1, 0.15) is 0 Å². The number of hydrogen-bond acceptors (Lipinski definition) is 0. The first-order chi connectivity index (χ1) is 4.34. The minimum Gasteiger partial charge on any atom is -0.367 e. The molecule has 0 aliphatic rings. The van der Waals surface area contributed by atoms with Gasteiger partial charge in [-0.2, -0.15) is 0 Å². The molecule has 1 unspecified atom stereocenters. The Kier molecular flexibility index (Phi) is 1.55. The zero-order valence-electron chi connectivity index (χ0n) is 5.26. The Labute approximate surface area is 54.3 Å². The third-order valence-electron chi connectivity index (χ3n) is 1.30. The molecule has 0 aromatic carbocycles. The van der Waals surface area contributed by atoms with E-state index < -0.39 is 0 Å². The second-order valence-corrected chi connectivity index (χ2v) is 1.95. The smallest absolute Gasteiger partial charge is 0.247 e. The molecule has 0 aliphatic heterocycles. The van der Waals surface area contributed by atoms with Gasteiger partial charge in [0.2, 0.25) is 6.04 Å². The molecule has 0 spiro atoms. The molecule has 1 aromatic heterocycles. The summed E-state index contributed by atoms with van der Waals surface area (Å²) in [6.45, 7) is 8.58. The van der Waals surface area contributed by atoms with Crippen LogP contribution in [0.2, 0.25) is 0 Å². The topological polar surface area (TPSA) is 20.1 Å². The predicted octanol–water partition coefficient (Wildman–Crippen LogP) is 1.99. The van der Waals surface area contributed by atoms with Gasteiger partial charge in [-0.25, -0.2) is 6.57 Å². The lowest BCUT2D eigenvalue weighted by molar-refractivity contribution is 0.964. The van der Waals surface area contributed by atoms with Crippen LogP contribution in [0.1, 0.15) is 18.5 Å². The van der Waals surface area contributed by atoms with Crippen molar-refractivity contribution in [2.75, 3.05) is 0 Å². The van der Waals surface area contributed by atoms with E-state index in [0.717, 1.165) is 5.56 Å². The molecule has 0 amide bonds. The Morgan fingerprint density at radius 2 is 2.56 bits per heavy atom. The molecule has 1 aromatic rings. The maximum atomic E-state index is 6.70. The summed E-state index contributed by atoms with van der Waals surface area (Å²) in [4.78, 5) is 6.26. The molecular weight excluding hydrogens is 112 g/mol. The highest BCUT2D eigenvalue weighted by Gasteiger charge is 2.05. The van der Waals surface area contributed by atoms with Gasteiger partial charge in [0.05, 0.1) is 5.56 Å². The first kappa shape index (κ1) is 5.90. The molecule has 46 valence electrons. The average molecular weight is 120 g/mol. The highest BCUT2D eigenvalue weighted by atomic mass is 14.7. The van der Waals surface area contributed by atoms with E-state index in [1.807, 2.05) is 25.4 Å². The van der Waals surface area contributed by atoms with Crippen LogP contribution in [0.15, 0.2) is 18.5 Å². The van der Waals surface area contributed by atoms with Crippen LogP contribution in [0.25, 0.3) is 4.85 Å². The number of rotatable bonds is 1. The molecule has 0 bridgehead atoms. The number of nitrogens with one attached hydrogen (secondary N) is 1. The fourth-order valence-corrected chi connectivity index (χ4v) is 0.671. The van der Waals surface area contributed by atoms with Crippen LogP contribution in [0.3, 0.4) is 0 Å². The molecule has 0 radical (unpaired) electrons. The third kappa shape index (κ3) is 1.11. The van der Waals surface area contributed by atoms with Crippen molar-refractivity contribution in [1.82, 2.24) is 4.98 Å². The largest absolute Gasteiger partial charge is 0.367 e. The molecule has 1 N–H and O–H groups in total. The summed E-state index contributed by atoms with van der Waals surface area (Å²) in [6, 6.07) is 1.92. The summed E-state index contributed by atoms with van der Waals surface area (Å²) in [5, 5.41) is 0. The van der Waals surface area contributed by atoms with E-state index >= 15 is 0 Å². The fraction of sp³-hybridized carbons (Fsp3) is 0.286. The predicted molar refractivity (Wildman–Crippen MR) is 35.8 cm³/mol. The zero-order valence-corrected chi connectivity index (χ0v) is 5.26. The summed E-state index contributed by atoms with van der Waals surface area (Å²) < 4.78 is 0. The average Bonchev–Trinajstić information content (AvgIpc) is 2.37. The van der Waals surface area contributed by atoms with Gasteiger partial charge in [0, 0.05) is 19.3 Å². The summed E-state index contributed by atoms with van der Waals surface area (Å²) in [5.74, 6) is 0. The highest BCUT2D eigenvalue weighted by Crippen LogP contribution is 2.13. The molecule has 0 saturated heterocycles. The van der Waals surface area contributed by atoms with Gasteiger partial charge < -0.3 is 9.83 Å². The van der Waals surface area contributed by atoms with Gasteiger partial charge >= 0.3 is 0 Å². The first-order valence-electron chi connectivity index (χ1n) is 2.84. The first-order valence-corrected chi connectivity index (χ1v) is 2.84. The Hall–Kier alpha value is -1.23. The lowest BCUT2D eigenvalue weighted by Gasteiger charge is -1.89. The van der Waals surface area contributed by atoms with E-state index in [9.17, 15) is 0 Å². The fourth-order valence-electron chi connectivity index (χ4n) is 0.671. The second-order valence-electron chi connectivity index (χ2n) is 1.95. The van der Waals surface area contributed by atoms with Crippen LogP contribution in [0.5, 0.6) is 0 Å². The van der Waals surface area contributed by atoms with E-state index in [1.165, 1.54) is 0 Å². The zero-order chi connectivity index (χ0) is 6.69. The minimum absolute atomic E-state index is 0.00347. The van der Waals surface area contributed by atoms with E-state index in [-0.39, 0.29) is 6.04 Å². The molecule has 1 atom stereocenters. The number of aromatic nitrogens is 1. The van der Waals surface area contributed by atoms with Crippen molar-refractivity contribution < 1.29 is 0 Å². The van der Waals surface area contributed by atoms with Gasteiger partial charge in [-0.05, 0) is 6.07 Å². The van der Waals surface area contributed by atoms with Crippen LogP contribution >= 0.6 is 0 Å². The summed E-state index contributed by atoms with van der Waals surface area (Å²) >= 11 is 0. The third-order valence-corrected chi connectivity index (χ3v) is 1.30. The van der Waals surface area contributed by atoms with Crippen LogP contribution in [0, 0.1) is 6.57 Å². The molecule has 0 fully saturated rings. The van der Waals surface area contributed by atoms with E-state index in [2.05, 4.69) is 9.83 Å². The normalized spacial score (nSPS) is 12.4. The minimum atomic E-state index is -0.00347. The van der Waals surface area contributed by atoms with Crippen molar-refractivity contribution in [2.24, 2.45) is 0 Å². The lowest BCUT2D eigenvalue weighted by atomic mass is 10.2. The van der Waals surface area contributed by atoms with Crippen molar-refractivity contribution in [3.05, 3.63) is 35.4 Å². The van der Waals surface area contributed by atoms with Crippen molar-refractivity contribution in [1.29, 1.82) is 0 Å². The molecule has 0 saturated carbocycles. The summed E-state index contributed by atoms with van der Waals surface area (Å²) in [5.41, 5.74) is 1.06. The standard InChI is InChI=1S/C7H8N2/c1-6(8-2)7-3-4-9-5-7/h3-6,9H,1H3. The van der Waals surface area contributed by atoms with Gasteiger partial charge in [-0.3, -0.25) is 0 Å². The monoisotopic (exact) mass is 120 g/mol. The quantitative estimate of drug-likeness (QED) is 0.547. The summed E-state index contributed by atoms with van der Waals surface area (Å²) in [6.07, 6.45) is 3.68. The van der Waals surface area contributed by atoms with Crippen molar-refractivity contribution in [3.8, 4) is 0 Å². The molecular formula is C7H8N2. The van der Waals surface area contributed by atoms with Gasteiger partial charge in [0.25, 0.3) is 0 Å². The highest BCUT2D eigenvalue weighted by molar-refractivity contribution is 5.15. The van der Waals surface area contributed by atoms with E-state index in [1.54, 1.807) is 0 Å². The van der Waals surface area contributed by atoms with Crippen LogP contribution in [-0.2, 0) is 0 Å². The number of nitrogens with zero attached hydrogens (tertiary/aromatic N) is 1. The van der Waals surface area contributed by atoms with Crippen LogP contribution < -0.4 is 0 Å². The number of H-pyrrole nitrogens is 1. The van der Waals surface area contributed by atoms with E-state index in [4.69, 9.17) is 6.57 Å². The molecule has 0 aliphatic carbocycles. The number of hydrogen-bond donors (Lipinski definition) is 1. The molecule has 1 heterocycles. The SMILES string of the molecule is [C-]#[N+]C(C)c1cc[nH]c1. The second kappa shape index (κ2) is 2.36. The molecule has 2 heteroatoms. The molecule has 1 rings (SSSR count). The van der Waals surface area contributed by atoms with E-state index in [0.29, 0.717) is 0 Å². The maximum Gasteiger partial charge on any atom is 0.247 e.